The highest BCUT2D eigenvalue weighted by Crippen LogP contribution is 2.47. The average molecular weight is 730 g/mol. The number of fused-ring (bicyclic) bond motifs is 7. The molecule has 2 heteroatoms. The van der Waals surface area contributed by atoms with Crippen LogP contribution in [0, 0.1) is 0 Å². The third kappa shape index (κ3) is 5.46. The Kier molecular flexibility index (Phi) is 7.75. The van der Waals surface area contributed by atoms with E-state index in [0.717, 1.165) is 11.4 Å². The minimum Gasteiger partial charge on any atom is -0.310 e. The summed E-state index contributed by atoms with van der Waals surface area (Å²) in [5.41, 5.74) is 10.7. The predicted octanol–water partition coefficient (Wildman–Crippen LogP) is 16.0. The summed E-state index contributed by atoms with van der Waals surface area (Å²) >= 11 is 1.87. The Hall–Kier alpha value is -7.00. The fraction of sp³-hybridized carbons (Fsp3) is 0. The van der Waals surface area contributed by atoms with E-state index in [-0.39, 0.29) is 0 Å². The van der Waals surface area contributed by atoms with Crippen LogP contribution in [0.4, 0.5) is 17.1 Å². The van der Waals surface area contributed by atoms with Gasteiger partial charge in [-0.2, -0.15) is 0 Å². The van der Waals surface area contributed by atoms with Crippen LogP contribution in [0.15, 0.2) is 212 Å². The predicted molar refractivity (Wildman–Crippen MR) is 243 cm³/mol. The minimum absolute atomic E-state index is 1.11. The molecule has 0 unspecified atom stereocenters. The maximum absolute atomic E-state index is 2.45. The van der Waals surface area contributed by atoms with Gasteiger partial charge in [-0.3, -0.25) is 0 Å². The van der Waals surface area contributed by atoms with Gasteiger partial charge in [-0.1, -0.05) is 158 Å². The van der Waals surface area contributed by atoms with Crippen molar-refractivity contribution in [3.05, 3.63) is 212 Å². The summed E-state index contributed by atoms with van der Waals surface area (Å²) in [7, 11) is 0. The molecule has 0 atom stereocenters. The van der Waals surface area contributed by atoms with E-state index in [1.54, 1.807) is 0 Å². The lowest BCUT2D eigenvalue weighted by Gasteiger charge is -2.27. The van der Waals surface area contributed by atoms with Gasteiger partial charge in [-0.15, -0.1) is 11.3 Å². The number of thiophene rings is 1. The van der Waals surface area contributed by atoms with E-state index in [1.165, 1.54) is 91.6 Å². The molecule has 262 valence electrons. The lowest BCUT2D eigenvalue weighted by atomic mass is 9.89. The van der Waals surface area contributed by atoms with Crippen molar-refractivity contribution in [2.45, 2.75) is 0 Å². The minimum atomic E-state index is 1.11. The summed E-state index contributed by atoms with van der Waals surface area (Å²) in [6.45, 7) is 0. The highest BCUT2D eigenvalue weighted by atomic mass is 32.1. The number of anilines is 3. The largest absolute Gasteiger partial charge is 0.310 e. The first kappa shape index (κ1) is 32.4. The fourth-order valence-corrected chi connectivity index (χ4v) is 9.76. The van der Waals surface area contributed by atoms with Crippen molar-refractivity contribution in [1.29, 1.82) is 0 Å². The second-order valence-electron chi connectivity index (χ2n) is 14.5. The van der Waals surface area contributed by atoms with Crippen molar-refractivity contribution in [3.8, 4) is 33.4 Å². The molecule has 0 spiro atoms. The van der Waals surface area contributed by atoms with Gasteiger partial charge >= 0.3 is 0 Å². The van der Waals surface area contributed by atoms with Crippen LogP contribution in [0.25, 0.3) is 85.9 Å². The van der Waals surface area contributed by atoms with Crippen molar-refractivity contribution in [2.24, 2.45) is 0 Å². The highest BCUT2D eigenvalue weighted by molar-refractivity contribution is 7.26. The zero-order valence-electron chi connectivity index (χ0n) is 30.6. The molecule has 10 aromatic carbocycles. The van der Waals surface area contributed by atoms with Gasteiger partial charge in [0, 0.05) is 31.5 Å². The summed E-state index contributed by atoms with van der Waals surface area (Å²) in [5.74, 6) is 0. The topological polar surface area (TPSA) is 3.24 Å². The van der Waals surface area contributed by atoms with E-state index in [0.29, 0.717) is 0 Å². The number of nitrogens with zero attached hydrogens (tertiary/aromatic N) is 1. The molecule has 0 saturated carbocycles. The Morgan fingerprint density at radius 2 is 0.929 bits per heavy atom. The second kappa shape index (κ2) is 13.4. The average Bonchev–Trinajstić information content (AvgIpc) is 3.64. The highest BCUT2D eigenvalue weighted by Gasteiger charge is 2.20. The van der Waals surface area contributed by atoms with Gasteiger partial charge in [0.15, 0.2) is 0 Å². The summed E-state index contributed by atoms with van der Waals surface area (Å²) in [5, 5.41) is 10.2. The van der Waals surface area contributed by atoms with Crippen molar-refractivity contribution in [3.63, 3.8) is 0 Å². The zero-order chi connectivity index (χ0) is 37.0. The van der Waals surface area contributed by atoms with E-state index in [4.69, 9.17) is 0 Å². The van der Waals surface area contributed by atoms with Crippen molar-refractivity contribution < 1.29 is 0 Å². The van der Waals surface area contributed by atoms with Gasteiger partial charge in [0.1, 0.15) is 0 Å². The molecule has 1 nitrogen and oxygen atoms in total. The molecule has 0 saturated heterocycles. The normalized spacial score (nSPS) is 11.6. The van der Waals surface area contributed by atoms with Crippen molar-refractivity contribution >= 4 is 80.9 Å². The molecular formula is C54H35NS. The SMILES string of the molecule is c1ccc(-c2ccc(N(c3cccc(-c4ccccc4-c4cc5ccccc5c5ccccc45)c3)c3cccc4sc5cc6ccccc6cc5c34)cc2)cc1. The lowest BCUT2D eigenvalue weighted by Crippen LogP contribution is -2.10. The first-order chi connectivity index (χ1) is 27.8. The second-order valence-corrected chi connectivity index (χ2v) is 15.6. The van der Waals surface area contributed by atoms with E-state index in [9.17, 15) is 0 Å². The molecule has 1 heterocycles. The fourth-order valence-electron chi connectivity index (χ4n) is 8.60. The van der Waals surface area contributed by atoms with Gasteiger partial charge in [0.05, 0.1) is 5.69 Å². The molecule has 0 fully saturated rings. The van der Waals surface area contributed by atoms with Gasteiger partial charge in [0.2, 0.25) is 0 Å². The first-order valence-electron chi connectivity index (χ1n) is 19.2. The first-order valence-corrected chi connectivity index (χ1v) is 20.0. The van der Waals surface area contributed by atoms with Crippen LogP contribution in [-0.2, 0) is 0 Å². The Balaban J connectivity index is 1.12. The smallest absolute Gasteiger partial charge is 0.0554 e. The molecule has 0 amide bonds. The van der Waals surface area contributed by atoms with Crippen LogP contribution in [0.5, 0.6) is 0 Å². The van der Waals surface area contributed by atoms with Crippen LogP contribution in [-0.4, -0.2) is 0 Å². The molecule has 56 heavy (non-hydrogen) atoms. The molecule has 11 aromatic rings. The van der Waals surface area contributed by atoms with Crippen LogP contribution >= 0.6 is 11.3 Å². The molecule has 0 radical (unpaired) electrons. The van der Waals surface area contributed by atoms with Crippen molar-refractivity contribution in [2.75, 3.05) is 4.90 Å². The zero-order valence-corrected chi connectivity index (χ0v) is 31.4. The van der Waals surface area contributed by atoms with Gasteiger partial charge in [0.25, 0.3) is 0 Å². The number of rotatable bonds is 6. The number of hydrogen-bond donors (Lipinski definition) is 0. The lowest BCUT2D eigenvalue weighted by molar-refractivity contribution is 1.30. The third-order valence-corrected chi connectivity index (χ3v) is 12.3. The Labute approximate surface area is 330 Å². The number of hydrogen-bond acceptors (Lipinski definition) is 2. The van der Waals surface area contributed by atoms with Gasteiger partial charge in [-0.25, -0.2) is 0 Å². The van der Waals surface area contributed by atoms with E-state index >= 15 is 0 Å². The standard InChI is InChI=1S/C54H35NS/c1-2-14-36(15-3-1)37-28-30-42(31-29-37)55(51-26-13-27-52-54(51)50-33-38-16-4-5-17-39(38)35-53(50)56-52)43-20-12-19-40(32-43)44-22-8-9-24-47(44)49-34-41-18-6-7-21-45(41)46-23-10-11-25-48(46)49/h1-35H. The van der Waals surface area contributed by atoms with Crippen LogP contribution in [0.1, 0.15) is 0 Å². The maximum atomic E-state index is 2.45. The molecule has 0 aliphatic rings. The maximum Gasteiger partial charge on any atom is 0.0554 e. The quantitative estimate of drug-likeness (QED) is 0.154. The van der Waals surface area contributed by atoms with Gasteiger partial charge < -0.3 is 4.90 Å². The van der Waals surface area contributed by atoms with Gasteiger partial charge in [-0.05, 0) is 120 Å². The van der Waals surface area contributed by atoms with E-state index < -0.39 is 0 Å². The molecule has 0 aliphatic carbocycles. The summed E-state index contributed by atoms with van der Waals surface area (Å²) in [6, 6.07) is 77.8. The Morgan fingerprint density at radius 3 is 1.75 bits per heavy atom. The molecular weight excluding hydrogens is 695 g/mol. The Morgan fingerprint density at radius 1 is 0.304 bits per heavy atom. The molecule has 0 bridgehead atoms. The monoisotopic (exact) mass is 729 g/mol. The van der Waals surface area contributed by atoms with Crippen molar-refractivity contribution in [1.82, 2.24) is 0 Å². The Bertz CT molecular complexity index is 3250. The van der Waals surface area contributed by atoms with Crippen LogP contribution in [0.3, 0.4) is 0 Å². The van der Waals surface area contributed by atoms with E-state index in [2.05, 4.69) is 217 Å². The summed E-state index contributed by atoms with van der Waals surface area (Å²) in [4.78, 5) is 2.45. The molecule has 0 aliphatic heterocycles. The molecule has 0 N–H and O–H groups in total. The number of benzene rings is 10. The summed E-state index contributed by atoms with van der Waals surface area (Å²) < 4.78 is 2.58. The molecule has 1 aromatic heterocycles. The molecule has 11 rings (SSSR count). The third-order valence-electron chi connectivity index (χ3n) is 11.2. The summed E-state index contributed by atoms with van der Waals surface area (Å²) in [6.07, 6.45) is 0. The van der Waals surface area contributed by atoms with Crippen LogP contribution in [0.2, 0.25) is 0 Å². The van der Waals surface area contributed by atoms with E-state index in [1.807, 2.05) is 11.3 Å². The van der Waals surface area contributed by atoms with Crippen LogP contribution < -0.4 is 4.90 Å².